The van der Waals surface area contributed by atoms with E-state index in [1.54, 1.807) is 0 Å². The van der Waals surface area contributed by atoms with Crippen LogP contribution in [0.3, 0.4) is 0 Å². The summed E-state index contributed by atoms with van der Waals surface area (Å²) in [5.41, 5.74) is 5.59. The average molecular weight is 349 g/mol. The van der Waals surface area contributed by atoms with E-state index < -0.39 is 0 Å². The van der Waals surface area contributed by atoms with Crippen LogP contribution in [0.2, 0.25) is 0 Å². The molecule has 1 aliphatic rings. The van der Waals surface area contributed by atoms with Crippen molar-refractivity contribution in [1.29, 1.82) is 0 Å². The zero-order chi connectivity index (χ0) is 18.5. The van der Waals surface area contributed by atoms with E-state index in [1.807, 2.05) is 24.4 Å². The van der Waals surface area contributed by atoms with Crippen LogP contribution in [0.1, 0.15) is 26.3 Å². The highest BCUT2D eigenvalue weighted by Gasteiger charge is 2.21. The first-order valence-corrected chi connectivity index (χ1v) is 8.75. The van der Waals surface area contributed by atoms with Gasteiger partial charge in [0, 0.05) is 17.3 Å². The van der Waals surface area contributed by atoms with Crippen molar-refractivity contribution in [1.82, 2.24) is 9.38 Å². The Morgan fingerprint density at radius 1 is 1.15 bits per heavy atom. The van der Waals surface area contributed by atoms with Gasteiger partial charge in [0.05, 0.1) is 17.9 Å². The van der Waals surface area contributed by atoms with Gasteiger partial charge in [-0.25, -0.2) is 4.98 Å². The lowest BCUT2D eigenvalue weighted by Gasteiger charge is -2.23. The lowest BCUT2D eigenvalue weighted by molar-refractivity contribution is -0.114. The Balaban J connectivity index is 1.88. The normalized spacial score (nSPS) is 13.9. The second kappa shape index (κ2) is 5.76. The third kappa shape index (κ3) is 2.98. The van der Waals surface area contributed by atoms with Crippen molar-refractivity contribution < 1.29 is 4.79 Å². The highest BCUT2D eigenvalue weighted by molar-refractivity contribution is 6.01. The maximum Gasteiger partial charge on any atom is 0.243 e. The maximum absolute atomic E-state index is 11.5. The number of carbonyl (C=O) groups excluding carboxylic acids is 1. The SMILES string of the molecule is Cc1ccn2c(NC(C)(C)C)c(-c3ccc4c(c3)NCC(=O)N4)nc2c1. The molecule has 6 nitrogen and oxygen atoms in total. The summed E-state index contributed by atoms with van der Waals surface area (Å²) in [7, 11) is 0. The van der Waals surface area contributed by atoms with Crippen LogP contribution >= 0.6 is 0 Å². The number of benzene rings is 1. The summed E-state index contributed by atoms with van der Waals surface area (Å²) in [5, 5.41) is 9.64. The lowest BCUT2D eigenvalue weighted by atomic mass is 10.1. The smallest absolute Gasteiger partial charge is 0.243 e. The topological polar surface area (TPSA) is 70.5 Å². The Kier molecular flexibility index (Phi) is 3.64. The summed E-state index contributed by atoms with van der Waals surface area (Å²) in [6.45, 7) is 8.75. The Morgan fingerprint density at radius 2 is 1.96 bits per heavy atom. The number of aromatic nitrogens is 2. The molecule has 0 unspecified atom stereocenters. The highest BCUT2D eigenvalue weighted by atomic mass is 16.2. The van der Waals surface area contributed by atoms with Crippen LogP contribution in [0.25, 0.3) is 16.9 Å². The monoisotopic (exact) mass is 349 g/mol. The minimum Gasteiger partial charge on any atom is -0.374 e. The number of nitrogens with zero attached hydrogens (tertiary/aromatic N) is 2. The van der Waals surface area contributed by atoms with Crippen LogP contribution in [-0.2, 0) is 4.79 Å². The number of aryl methyl sites for hydroxylation is 1. The van der Waals surface area contributed by atoms with Gasteiger partial charge in [-0.3, -0.25) is 9.20 Å². The van der Waals surface area contributed by atoms with Crippen LogP contribution in [-0.4, -0.2) is 27.4 Å². The fourth-order valence-electron chi connectivity index (χ4n) is 3.14. The molecule has 3 N–H and O–H groups in total. The molecule has 26 heavy (non-hydrogen) atoms. The number of anilines is 3. The van der Waals surface area contributed by atoms with Crippen LogP contribution in [0, 0.1) is 6.92 Å². The Bertz CT molecular complexity index is 1010. The molecule has 0 saturated carbocycles. The summed E-state index contributed by atoms with van der Waals surface area (Å²) in [4.78, 5) is 16.4. The molecule has 0 bridgehead atoms. The van der Waals surface area contributed by atoms with Gasteiger partial charge >= 0.3 is 0 Å². The van der Waals surface area contributed by atoms with E-state index in [0.717, 1.165) is 34.1 Å². The molecule has 0 spiro atoms. The second-order valence-corrected chi connectivity index (χ2v) is 7.78. The van der Waals surface area contributed by atoms with Crippen molar-refractivity contribution in [2.24, 2.45) is 0 Å². The lowest BCUT2D eigenvalue weighted by Crippen LogP contribution is -2.27. The molecular weight excluding hydrogens is 326 g/mol. The molecule has 134 valence electrons. The maximum atomic E-state index is 11.5. The van der Waals surface area contributed by atoms with Crippen molar-refractivity contribution >= 4 is 28.7 Å². The standard InChI is InChI=1S/C20H23N5O/c1-12-7-8-25-16(9-12)23-18(19(25)24-20(2,3)4)13-5-6-14-15(10-13)21-11-17(26)22-14/h5-10,21,24H,11H2,1-4H3,(H,22,26). The molecule has 1 amide bonds. The molecular formula is C20H23N5O. The molecule has 3 aromatic rings. The third-order valence-corrected chi connectivity index (χ3v) is 4.28. The Labute approximate surface area is 152 Å². The molecule has 6 heteroatoms. The summed E-state index contributed by atoms with van der Waals surface area (Å²) in [6, 6.07) is 10.1. The van der Waals surface area contributed by atoms with Gasteiger partial charge in [-0.1, -0.05) is 6.07 Å². The van der Waals surface area contributed by atoms with E-state index in [0.29, 0.717) is 0 Å². The zero-order valence-electron chi connectivity index (χ0n) is 15.5. The van der Waals surface area contributed by atoms with Gasteiger partial charge in [-0.05, 0) is 57.5 Å². The summed E-state index contributed by atoms with van der Waals surface area (Å²) in [6.07, 6.45) is 2.05. The molecule has 1 aliphatic heterocycles. The van der Waals surface area contributed by atoms with Gasteiger partial charge in [0.2, 0.25) is 5.91 Å². The first-order chi connectivity index (χ1) is 12.3. The van der Waals surface area contributed by atoms with Crippen molar-refractivity contribution in [3.63, 3.8) is 0 Å². The molecule has 0 atom stereocenters. The first-order valence-electron chi connectivity index (χ1n) is 8.75. The van der Waals surface area contributed by atoms with Crippen LogP contribution in [0.4, 0.5) is 17.2 Å². The Morgan fingerprint density at radius 3 is 2.73 bits per heavy atom. The minimum atomic E-state index is -0.101. The van der Waals surface area contributed by atoms with Gasteiger partial charge < -0.3 is 16.0 Å². The van der Waals surface area contributed by atoms with E-state index in [4.69, 9.17) is 4.98 Å². The molecule has 0 aliphatic carbocycles. The molecule has 3 heterocycles. The fourth-order valence-corrected chi connectivity index (χ4v) is 3.14. The number of hydrogen-bond acceptors (Lipinski definition) is 4. The van der Waals surface area contributed by atoms with E-state index in [1.165, 1.54) is 5.56 Å². The fraction of sp³-hybridized carbons (Fsp3) is 0.300. The van der Waals surface area contributed by atoms with Gasteiger partial charge in [-0.15, -0.1) is 0 Å². The molecule has 2 aromatic heterocycles. The van der Waals surface area contributed by atoms with Gasteiger partial charge in [-0.2, -0.15) is 0 Å². The van der Waals surface area contributed by atoms with Crippen LogP contribution in [0.5, 0.6) is 0 Å². The van der Waals surface area contributed by atoms with Crippen LogP contribution in [0.15, 0.2) is 36.5 Å². The summed E-state index contributed by atoms with van der Waals surface area (Å²) < 4.78 is 2.09. The zero-order valence-corrected chi connectivity index (χ0v) is 15.5. The highest BCUT2D eigenvalue weighted by Crippen LogP contribution is 2.35. The number of pyridine rings is 1. The van der Waals surface area contributed by atoms with E-state index in [9.17, 15) is 4.79 Å². The molecule has 0 radical (unpaired) electrons. The molecule has 0 fully saturated rings. The number of amides is 1. The average Bonchev–Trinajstić information content (AvgIpc) is 2.90. The molecule has 1 aromatic carbocycles. The number of carbonyl (C=O) groups is 1. The van der Waals surface area contributed by atoms with E-state index in [2.05, 4.69) is 60.2 Å². The van der Waals surface area contributed by atoms with Crippen molar-refractivity contribution in [2.45, 2.75) is 33.2 Å². The number of hydrogen-bond donors (Lipinski definition) is 3. The number of fused-ring (bicyclic) bond motifs is 2. The predicted molar refractivity (Wildman–Crippen MR) is 106 cm³/mol. The molecule has 4 rings (SSSR count). The predicted octanol–water partition coefficient (Wildman–Crippen LogP) is 3.88. The van der Waals surface area contributed by atoms with Gasteiger partial charge in [0.25, 0.3) is 0 Å². The van der Waals surface area contributed by atoms with Crippen molar-refractivity contribution in [3.05, 3.63) is 42.1 Å². The number of imidazole rings is 1. The Hall–Kier alpha value is -3.02. The summed E-state index contributed by atoms with van der Waals surface area (Å²) >= 11 is 0. The van der Waals surface area contributed by atoms with Gasteiger partial charge in [0.1, 0.15) is 17.2 Å². The minimum absolute atomic E-state index is 0.0245. The number of rotatable bonds is 2. The van der Waals surface area contributed by atoms with E-state index >= 15 is 0 Å². The number of nitrogens with one attached hydrogen (secondary N) is 3. The largest absolute Gasteiger partial charge is 0.374 e. The quantitative estimate of drug-likeness (QED) is 0.656. The van der Waals surface area contributed by atoms with Crippen molar-refractivity contribution in [3.8, 4) is 11.3 Å². The third-order valence-electron chi connectivity index (χ3n) is 4.28. The first kappa shape index (κ1) is 16.4. The molecule has 0 saturated heterocycles. The van der Waals surface area contributed by atoms with Gasteiger partial charge in [0.15, 0.2) is 0 Å². The summed E-state index contributed by atoms with van der Waals surface area (Å²) in [5.74, 6) is 0.941. The van der Waals surface area contributed by atoms with Crippen molar-refractivity contribution in [2.75, 3.05) is 22.5 Å². The van der Waals surface area contributed by atoms with Crippen LogP contribution < -0.4 is 16.0 Å². The van der Waals surface area contributed by atoms with E-state index in [-0.39, 0.29) is 18.0 Å². The second-order valence-electron chi connectivity index (χ2n) is 7.78.